The Bertz CT molecular complexity index is 856. The molecule has 2 aromatic heterocycles. The highest BCUT2D eigenvalue weighted by Gasteiger charge is 2.41. The van der Waals surface area contributed by atoms with Crippen LogP contribution in [0.5, 0.6) is 0 Å². The Labute approximate surface area is 166 Å². The minimum atomic E-state index is 0.0293. The van der Waals surface area contributed by atoms with Gasteiger partial charge in [0.2, 0.25) is 0 Å². The minimum absolute atomic E-state index is 0.0293. The fourth-order valence-corrected chi connectivity index (χ4v) is 5.01. The first-order valence-corrected chi connectivity index (χ1v) is 10.1. The molecule has 7 heteroatoms. The van der Waals surface area contributed by atoms with Crippen molar-refractivity contribution in [3.8, 4) is 0 Å². The van der Waals surface area contributed by atoms with Gasteiger partial charge in [-0.05, 0) is 51.2 Å². The fraction of sp³-hybridized carbons (Fsp3) is 0.619. The van der Waals surface area contributed by atoms with Crippen molar-refractivity contribution >= 4 is 5.71 Å². The van der Waals surface area contributed by atoms with Crippen LogP contribution in [0.2, 0.25) is 0 Å². The van der Waals surface area contributed by atoms with Crippen molar-refractivity contribution in [2.24, 2.45) is 24.0 Å². The lowest BCUT2D eigenvalue weighted by molar-refractivity contribution is -0.0240. The Morgan fingerprint density at radius 3 is 2.68 bits per heavy atom. The summed E-state index contributed by atoms with van der Waals surface area (Å²) in [6.45, 7) is 8.04. The van der Waals surface area contributed by atoms with E-state index in [1.807, 2.05) is 30.9 Å². The van der Waals surface area contributed by atoms with Gasteiger partial charge in [-0.15, -0.1) is 5.10 Å². The number of hydrogen-bond acceptors (Lipinski definition) is 6. The molecule has 2 aliphatic heterocycles. The molecule has 150 valence electrons. The number of hydrogen-bond donors (Lipinski definition) is 0. The summed E-state index contributed by atoms with van der Waals surface area (Å²) in [6.07, 6.45) is 3.94. The summed E-state index contributed by atoms with van der Waals surface area (Å²) in [5.74, 6) is 1.19. The highest BCUT2D eigenvalue weighted by atomic mass is 16.5. The van der Waals surface area contributed by atoms with Crippen molar-refractivity contribution in [3.05, 3.63) is 41.0 Å². The maximum atomic E-state index is 6.18. The summed E-state index contributed by atoms with van der Waals surface area (Å²) >= 11 is 0. The highest BCUT2D eigenvalue weighted by molar-refractivity contribution is 5.86. The van der Waals surface area contributed by atoms with Crippen LogP contribution in [-0.2, 0) is 11.8 Å². The van der Waals surface area contributed by atoms with E-state index in [1.54, 1.807) is 0 Å². The Hall–Kier alpha value is -2.28. The van der Waals surface area contributed by atoms with Crippen LogP contribution < -0.4 is 0 Å². The number of aryl methyl sites for hydroxylation is 3. The third kappa shape index (κ3) is 3.43. The molecule has 0 N–H and O–H groups in total. The van der Waals surface area contributed by atoms with E-state index in [1.165, 1.54) is 17.0 Å². The van der Waals surface area contributed by atoms with Crippen LogP contribution in [0.3, 0.4) is 0 Å². The summed E-state index contributed by atoms with van der Waals surface area (Å²) in [5.41, 5.74) is 5.73. The van der Waals surface area contributed by atoms with Crippen LogP contribution in [0.25, 0.3) is 0 Å². The van der Waals surface area contributed by atoms with Crippen molar-refractivity contribution in [1.29, 1.82) is 0 Å². The Morgan fingerprint density at radius 2 is 2.04 bits per heavy atom. The standard InChI is InChI=1S/C21H30N6O/c1-13-7-6-9-22-20(13)19(17-12-26(4)24-14(17)2)16-8-10-28-18(11-16)21-15(3)23-25-27(21)5/h6-7,9,16-19H,8,10-12H2,1-5H3. The number of rotatable bonds is 4. The summed E-state index contributed by atoms with van der Waals surface area (Å²) in [5, 5.41) is 15.2. The normalized spacial score (nSPS) is 26.4. The molecule has 28 heavy (non-hydrogen) atoms. The van der Waals surface area contributed by atoms with E-state index in [-0.39, 0.29) is 6.10 Å². The second-order valence-corrected chi connectivity index (χ2v) is 8.25. The molecule has 4 atom stereocenters. The SMILES string of the molecule is CC1=NN(C)CC1C(c1ncccc1C)C1CCOC(c2c(C)nnn2C)C1. The average molecular weight is 383 g/mol. The van der Waals surface area contributed by atoms with Crippen molar-refractivity contribution in [2.75, 3.05) is 20.2 Å². The molecule has 0 radical (unpaired) electrons. The fourth-order valence-electron chi connectivity index (χ4n) is 5.01. The Balaban J connectivity index is 1.68. The second kappa shape index (κ2) is 7.62. The van der Waals surface area contributed by atoms with E-state index >= 15 is 0 Å². The minimum Gasteiger partial charge on any atom is -0.372 e. The van der Waals surface area contributed by atoms with E-state index in [9.17, 15) is 0 Å². The van der Waals surface area contributed by atoms with E-state index in [4.69, 9.17) is 14.8 Å². The van der Waals surface area contributed by atoms with Crippen LogP contribution in [0, 0.1) is 25.7 Å². The van der Waals surface area contributed by atoms with Gasteiger partial charge in [0.05, 0.1) is 11.4 Å². The van der Waals surface area contributed by atoms with Gasteiger partial charge in [0.25, 0.3) is 0 Å². The van der Waals surface area contributed by atoms with E-state index in [0.29, 0.717) is 17.8 Å². The molecular weight excluding hydrogens is 352 g/mol. The first kappa shape index (κ1) is 19.1. The number of aromatic nitrogens is 4. The zero-order valence-corrected chi connectivity index (χ0v) is 17.5. The van der Waals surface area contributed by atoms with Gasteiger partial charge in [0.15, 0.2) is 0 Å². The summed E-state index contributed by atoms with van der Waals surface area (Å²) in [7, 11) is 4.01. The third-order valence-electron chi connectivity index (χ3n) is 6.31. The molecule has 1 fully saturated rings. The largest absolute Gasteiger partial charge is 0.372 e. The van der Waals surface area contributed by atoms with Gasteiger partial charge < -0.3 is 4.74 Å². The number of pyridine rings is 1. The van der Waals surface area contributed by atoms with Gasteiger partial charge >= 0.3 is 0 Å². The van der Waals surface area contributed by atoms with Crippen molar-refractivity contribution < 1.29 is 4.74 Å². The molecule has 0 aromatic carbocycles. The van der Waals surface area contributed by atoms with Crippen LogP contribution >= 0.6 is 0 Å². The third-order valence-corrected chi connectivity index (χ3v) is 6.31. The Morgan fingerprint density at radius 1 is 1.21 bits per heavy atom. The zero-order chi connectivity index (χ0) is 19.8. The van der Waals surface area contributed by atoms with Crippen LogP contribution in [0.4, 0.5) is 0 Å². The van der Waals surface area contributed by atoms with Gasteiger partial charge in [-0.25, -0.2) is 4.68 Å². The lowest BCUT2D eigenvalue weighted by Crippen LogP contribution is -2.34. The molecule has 0 amide bonds. The average Bonchev–Trinajstić information content (AvgIpc) is 3.18. The molecule has 4 heterocycles. The van der Waals surface area contributed by atoms with Crippen molar-refractivity contribution in [1.82, 2.24) is 25.0 Å². The molecule has 1 saturated heterocycles. The van der Waals surface area contributed by atoms with E-state index < -0.39 is 0 Å². The smallest absolute Gasteiger partial charge is 0.101 e. The molecule has 2 aliphatic rings. The predicted octanol–water partition coefficient (Wildman–Crippen LogP) is 3.02. The quantitative estimate of drug-likeness (QED) is 0.813. The van der Waals surface area contributed by atoms with Crippen LogP contribution in [-0.4, -0.2) is 50.9 Å². The maximum absolute atomic E-state index is 6.18. The zero-order valence-electron chi connectivity index (χ0n) is 17.5. The summed E-state index contributed by atoms with van der Waals surface area (Å²) < 4.78 is 8.04. The second-order valence-electron chi connectivity index (χ2n) is 8.25. The molecule has 7 nitrogen and oxygen atoms in total. The molecule has 2 aromatic rings. The molecule has 4 unspecified atom stereocenters. The lowest BCUT2D eigenvalue weighted by atomic mass is 9.72. The molecular formula is C21H30N6O. The first-order valence-electron chi connectivity index (χ1n) is 10.1. The number of nitrogens with zero attached hydrogens (tertiary/aromatic N) is 6. The molecule has 0 aliphatic carbocycles. The van der Waals surface area contributed by atoms with Gasteiger partial charge in [0, 0.05) is 56.7 Å². The summed E-state index contributed by atoms with van der Waals surface area (Å²) in [6, 6.07) is 4.20. The van der Waals surface area contributed by atoms with Crippen molar-refractivity contribution in [2.45, 2.75) is 45.6 Å². The molecule has 0 saturated carbocycles. The molecule has 0 spiro atoms. The highest BCUT2D eigenvalue weighted by Crippen LogP contribution is 2.45. The predicted molar refractivity (Wildman–Crippen MR) is 108 cm³/mol. The monoisotopic (exact) mass is 382 g/mol. The van der Waals surface area contributed by atoms with Crippen LogP contribution in [0.15, 0.2) is 23.4 Å². The van der Waals surface area contributed by atoms with Crippen molar-refractivity contribution in [3.63, 3.8) is 0 Å². The van der Waals surface area contributed by atoms with Gasteiger partial charge in [0.1, 0.15) is 6.10 Å². The summed E-state index contributed by atoms with van der Waals surface area (Å²) in [4.78, 5) is 4.84. The number of ether oxygens (including phenoxy) is 1. The molecule has 0 bridgehead atoms. The first-order chi connectivity index (χ1) is 13.5. The Kier molecular flexibility index (Phi) is 5.19. The van der Waals surface area contributed by atoms with E-state index in [0.717, 1.165) is 37.4 Å². The van der Waals surface area contributed by atoms with Crippen LogP contribution in [0.1, 0.15) is 54.4 Å². The van der Waals surface area contributed by atoms with Gasteiger partial charge in [-0.3, -0.25) is 9.99 Å². The van der Waals surface area contributed by atoms with Gasteiger partial charge in [-0.2, -0.15) is 5.10 Å². The number of hydrazone groups is 1. The molecule has 4 rings (SSSR count). The topological polar surface area (TPSA) is 68.4 Å². The maximum Gasteiger partial charge on any atom is 0.101 e. The van der Waals surface area contributed by atoms with E-state index in [2.05, 4.69) is 42.3 Å². The lowest BCUT2D eigenvalue weighted by Gasteiger charge is -2.37. The van der Waals surface area contributed by atoms with Gasteiger partial charge in [-0.1, -0.05) is 11.3 Å².